The predicted octanol–water partition coefficient (Wildman–Crippen LogP) is 5.77. The van der Waals surface area contributed by atoms with E-state index in [0.717, 1.165) is 16.7 Å². The number of esters is 1. The second-order valence-electron chi connectivity index (χ2n) is 9.27. The van der Waals surface area contributed by atoms with E-state index in [0.29, 0.717) is 47.2 Å². The summed E-state index contributed by atoms with van der Waals surface area (Å²) in [7, 11) is 1.58. The van der Waals surface area contributed by atoms with E-state index >= 15 is 0 Å². The molecule has 0 radical (unpaired) electrons. The first-order chi connectivity index (χ1) is 19.1. The summed E-state index contributed by atoms with van der Waals surface area (Å²) in [5.41, 5.74) is 3.71. The van der Waals surface area contributed by atoms with Crippen LogP contribution >= 0.6 is 0 Å². The molecule has 0 saturated heterocycles. The number of ether oxygens (including phenoxy) is 4. The maximum atomic E-state index is 13.3. The highest BCUT2D eigenvalue weighted by atomic mass is 16.5. The monoisotopic (exact) mass is 519 g/mol. The Morgan fingerprint density at radius 2 is 1.85 bits per heavy atom. The van der Waals surface area contributed by atoms with E-state index in [-0.39, 0.29) is 23.9 Å². The van der Waals surface area contributed by atoms with Gasteiger partial charge >= 0.3 is 5.97 Å². The molecule has 1 aromatic heterocycles. The fourth-order valence-corrected chi connectivity index (χ4v) is 5.02. The predicted molar refractivity (Wildman–Crippen MR) is 144 cm³/mol. The van der Waals surface area contributed by atoms with Crippen LogP contribution in [0.25, 0.3) is 6.08 Å². The van der Waals surface area contributed by atoms with Crippen molar-refractivity contribution in [2.24, 2.45) is 0 Å². The van der Waals surface area contributed by atoms with Crippen LogP contribution in [0.1, 0.15) is 45.0 Å². The van der Waals surface area contributed by atoms with Crippen LogP contribution in [-0.4, -0.2) is 30.5 Å². The molecule has 3 heterocycles. The zero-order valence-electron chi connectivity index (χ0n) is 21.3. The molecule has 7 nitrogen and oxygen atoms in total. The van der Waals surface area contributed by atoms with Crippen molar-refractivity contribution in [3.05, 3.63) is 119 Å². The summed E-state index contributed by atoms with van der Waals surface area (Å²) in [6, 6.07) is 22.6. The van der Waals surface area contributed by atoms with Gasteiger partial charge in [-0.05, 0) is 41.5 Å². The summed E-state index contributed by atoms with van der Waals surface area (Å²) in [4.78, 5) is 30.1. The molecule has 7 heteroatoms. The first kappa shape index (κ1) is 24.4. The lowest BCUT2D eigenvalue weighted by Crippen LogP contribution is -2.22. The lowest BCUT2D eigenvalue weighted by atomic mass is 9.84. The van der Waals surface area contributed by atoms with Crippen LogP contribution in [0.15, 0.2) is 90.9 Å². The van der Waals surface area contributed by atoms with E-state index in [1.54, 1.807) is 43.8 Å². The molecule has 0 fully saturated rings. The fraction of sp³-hybridized carbons (Fsp3) is 0.156. The van der Waals surface area contributed by atoms with E-state index in [2.05, 4.69) is 4.98 Å². The zero-order chi connectivity index (χ0) is 26.8. The van der Waals surface area contributed by atoms with Gasteiger partial charge in [-0.1, -0.05) is 48.5 Å². The molecule has 0 unspecified atom stereocenters. The van der Waals surface area contributed by atoms with E-state index in [9.17, 15) is 9.59 Å². The van der Waals surface area contributed by atoms with Gasteiger partial charge in [-0.25, -0.2) is 0 Å². The highest BCUT2D eigenvalue weighted by molar-refractivity contribution is 6.15. The second kappa shape index (κ2) is 10.5. The number of nitrogens with zero attached hydrogens (tertiary/aromatic N) is 1. The summed E-state index contributed by atoms with van der Waals surface area (Å²) < 4.78 is 23.7. The van der Waals surface area contributed by atoms with Crippen molar-refractivity contribution in [2.45, 2.75) is 18.8 Å². The molecule has 194 valence electrons. The number of rotatable bonds is 7. The van der Waals surface area contributed by atoms with Crippen LogP contribution in [-0.2, 0) is 11.2 Å². The number of fused-ring (bicyclic) bond motifs is 3. The van der Waals surface area contributed by atoms with Crippen molar-refractivity contribution < 1.29 is 28.5 Å². The van der Waals surface area contributed by atoms with Crippen LogP contribution in [0.5, 0.6) is 23.0 Å². The highest BCUT2D eigenvalue weighted by Gasteiger charge is 2.39. The highest BCUT2D eigenvalue weighted by Crippen LogP contribution is 2.51. The Morgan fingerprint density at radius 3 is 2.64 bits per heavy atom. The molecule has 0 bridgehead atoms. The Kier molecular flexibility index (Phi) is 6.55. The number of carbonyl (C=O) groups excluding carboxylic acids is 2. The van der Waals surface area contributed by atoms with Gasteiger partial charge in [-0.3, -0.25) is 14.6 Å². The van der Waals surface area contributed by atoms with E-state index in [1.807, 2.05) is 54.6 Å². The molecule has 39 heavy (non-hydrogen) atoms. The first-order valence-corrected chi connectivity index (χ1v) is 12.7. The number of hydrogen-bond donors (Lipinski definition) is 0. The van der Waals surface area contributed by atoms with Gasteiger partial charge in [-0.15, -0.1) is 0 Å². The third-order valence-electron chi connectivity index (χ3n) is 6.85. The summed E-state index contributed by atoms with van der Waals surface area (Å²) in [6.45, 7) is 0.418. The van der Waals surface area contributed by atoms with Gasteiger partial charge < -0.3 is 18.9 Å². The number of para-hydroxylation sites is 1. The number of hydrogen-bond acceptors (Lipinski definition) is 7. The van der Waals surface area contributed by atoms with E-state index < -0.39 is 5.92 Å². The minimum atomic E-state index is -0.469. The van der Waals surface area contributed by atoms with E-state index in [1.165, 1.54) is 0 Å². The van der Waals surface area contributed by atoms with Gasteiger partial charge in [0.25, 0.3) is 0 Å². The molecule has 4 aromatic rings. The van der Waals surface area contributed by atoms with Crippen LogP contribution in [0.2, 0.25) is 0 Å². The standard InChI is InChI=1S/C32H25NO6/c1-36-26-11-5-10-22(31(26)37-16-14-20-7-3-2-4-8-20)24-18-28(34)38-25-13-12-23-30(35)27(39-32(23)29(24)25)17-21-9-6-15-33-19-21/h2-13,15,17,19,24H,14,16,18H2,1H3/b27-17-/t24-/m1/s1. The third-order valence-corrected chi connectivity index (χ3v) is 6.85. The van der Waals surface area contributed by atoms with Crippen molar-refractivity contribution in [1.29, 1.82) is 0 Å². The van der Waals surface area contributed by atoms with Crippen molar-refractivity contribution in [2.75, 3.05) is 13.7 Å². The molecule has 6 rings (SSSR count). The number of methoxy groups -OCH3 is 1. The number of aromatic nitrogens is 1. The lowest BCUT2D eigenvalue weighted by molar-refractivity contribution is -0.135. The lowest BCUT2D eigenvalue weighted by Gasteiger charge is -2.28. The molecular weight excluding hydrogens is 494 g/mol. The van der Waals surface area contributed by atoms with Gasteiger partial charge in [0.1, 0.15) is 11.5 Å². The van der Waals surface area contributed by atoms with Gasteiger partial charge in [0.05, 0.1) is 25.7 Å². The van der Waals surface area contributed by atoms with Crippen molar-refractivity contribution >= 4 is 17.8 Å². The fourth-order valence-electron chi connectivity index (χ4n) is 5.02. The summed E-state index contributed by atoms with van der Waals surface area (Å²) in [6.07, 6.45) is 5.75. The zero-order valence-corrected chi connectivity index (χ0v) is 21.3. The third kappa shape index (κ3) is 4.75. The Morgan fingerprint density at radius 1 is 0.974 bits per heavy atom. The molecule has 3 aromatic carbocycles. The number of Topliss-reactive ketones (excluding diaryl/α,β-unsaturated/α-hetero) is 1. The van der Waals surface area contributed by atoms with Crippen molar-refractivity contribution in [3.63, 3.8) is 0 Å². The molecule has 1 atom stereocenters. The van der Waals surface area contributed by atoms with Crippen molar-refractivity contribution in [3.8, 4) is 23.0 Å². The Bertz CT molecular complexity index is 1580. The molecule has 0 aliphatic carbocycles. The number of ketones is 1. The maximum Gasteiger partial charge on any atom is 0.312 e. The summed E-state index contributed by atoms with van der Waals surface area (Å²) in [5, 5.41) is 0. The Balaban J connectivity index is 1.39. The van der Waals surface area contributed by atoms with Crippen LogP contribution in [0.4, 0.5) is 0 Å². The number of carbonyl (C=O) groups is 2. The molecule has 2 aliphatic heterocycles. The average Bonchev–Trinajstić information content (AvgIpc) is 3.28. The number of allylic oxidation sites excluding steroid dienone is 1. The molecule has 2 aliphatic rings. The minimum Gasteiger partial charge on any atom is -0.493 e. The SMILES string of the molecule is COc1cccc([C@H]2CC(=O)Oc3ccc4c(c32)O/C(=C\c2cccnc2)C4=O)c1OCCc1ccccc1. The van der Waals surface area contributed by atoms with Crippen molar-refractivity contribution in [1.82, 2.24) is 4.98 Å². The van der Waals surface area contributed by atoms with Gasteiger partial charge in [0.15, 0.2) is 17.3 Å². The van der Waals surface area contributed by atoms with Crippen LogP contribution in [0.3, 0.4) is 0 Å². The van der Waals surface area contributed by atoms with Gasteiger partial charge in [0, 0.05) is 35.9 Å². The van der Waals surface area contributed by atoms with Crippen LogP contribution in [0, 0.1) is 0 Å². The topological polar surface area (TPSA) is 84.0 Å². The molecule has 0 saturated carbocycles. The molecule has 0 N–H and O–H groups in total. The smallest absolute Gasteiger partial charge is 0.312 e. The minimum absolute atomic E-state index is 0.0604. The summed E-state index contributed by atoms with van der Waals surface area (Å²) in [5.74, 6) is 0.970. The molecule has 0 spiro atoms. The average molecular weight is 520 g/mol. The quantitative estimate of drug-likeness (QED) is 0.174. The van der Waals surface area contributed by atoms with Crippen LogP contribution < -0.4 is 18.9 Å². The number of pyridine rings is 1. The normalized spacial score (nSPS) is 16.7. The number of benzene rings is 3. The Hall–Kier alpha value is -4.91. The molecular formula is C32H25NO6. The first-order valence-electron chi connectivity index (χ1n) is 12.7. The van der Waals surface area contributed by atoms with Gasteiger partial charge in [-0.2, -0.15) is 0 Å². The maximum absolute atomic E-state index is 13.3. The molecule has 0 amide bonds. The summed E-state index contributed by atoms with van der Waals surface area (Å²) >= 11 is 0. The largest absolute Gasteiger partial charge is 0.493 e. The van der Waals surface area contributed by atoms with E-state index in [4.69, 9.17) is 18.9 Å². The second-order valence-corrected chi connectivity index (χ2v) is 9.27. The van der Waals surface area contributed by atoms with Gasteiger partial charge in [0.2, 0.25) is 5.78 Å². The Labute approximate surface area is 225 Å².